The second-order valence-corrected chi connectivity index (χ2v) is 5.08. The summed E-state index contributed by atoms with van der Waals surface area (Å²) in [6, 6.07) is 4.77. The van der Waals surface area contributed by atoms with Gasteiger partial charge in [0.2, 0.25) is 0 Å². The maximum absolute atomic E-state index is 12.4. The normalized spacial score (nSPS) is 11.5. The zero-order valence-corrected chi connectivity index (χ0v) is 9.75. The monoisotopic (exact) mass is 276 g/mol. The van der Waals surface area contributed by atoms with E-state index in [9.17, 15) is 8.78 Å². The summed E-state index contributed by atoms with van der Waals surface area (Å²) < 4.78 is 26.7. The molecule has 0 saturated heterocycles. The van der Waals surface area contributed by atoms with Gasteiger partial charge in [0.25, 0.3) is 6.43 Å². The molecule has 1 aromatic carbocycles. The van der Waals surface area contributed by atoms with Crippen molar-refractivity contribution >= 4 is 37.4 Å². The lowest BCUT2D eigenvalue weighted by molar-refractivity contribution is 0.151. The highest BCUT2D eigenvalue weighted by molar-refractivity contribution is 9.10. The Morgan fingerprint density at radius 3 is 2.71 bits per heavy atom. The van der Waals surface area contributed by atoms with E-state index >= 15 is 0 Å². The number of hydrogen-bond acceptors (Lipinski definition) is 1. The summed E-state index contributed by atoms with van der Waals surface area (Å²) >= 11 is 4.97. The van der Waals surface area contributed by atoms with Crippen LogP contribution in [0.1, 0.15) is 16.9 Å². The summed E-state index contributed by atoms with van der Waals surface area (Å²) in [5, 5.41) is 1.01. The van der Waals surface area contributed by atoms with Gasteiger partial charge in [-0.25, -0.2) is 8.78 Å². The van der Waals surface area contributed by atoms with Crippen LogP contribution in [0.3, 0.4) is 0 Å². The van der Waals surface area contributed by atoms with Crippen molar-refractivity contribution in [2.75, 3.05) is 0 Å². The van der Waals surface area contributed by atoms with Crippen molar-refractivity contribution in [1.29, 1.82) is 0 Å². The summed E-state index contributed by atoms with van der Waals surface area (Å²) in [7, 11) is 0. The van der Waals surface area contributed by atoms with Gasteiger partial charge in [-0.1, -0.05) is 12.1 Å². The Balaban J connectivity index is 2.67. The topological polar surface area (TPSA) is 0 Å². The number of thiophene rings is 1. The van der Waals surface area contributed by atoms with E-state index in [0.29, 0.717) is 0 Å². The second kappa shape index (κ2) is 3.59. The minimum Gasteiger partial charge on any atom is -0.205 e. The van der Waals surface area contributed by atoms with E-state index < -0.39 is 6.43 Å². The Bertz CT molecular complexity index is 476. The largest absolute Gasteiger partial charge is 0.263 e. The van der Waals surface area contributed by atoms with Crippen LogP contribution in [0.15, 0.2) is 22.7 Å². The lowest BCUT2D eigenvalue weighted by atomic mass is 10.2. The molecule has 0 unspecified atom stereocenters. The molecule has 0 saturated carbocycles. The maximum Gasteiger partial charge on any atom is 0.263 e. The Morgan fingerprint density at radius 2 is 2.07 bits per heavy atom. The van der Waals surface area contributed by atoms with Crippen molar-refractivity contribution in [3.05, 3.63) is 33.1 Å². The van der Waals surface area contributed by atoms with Gasteiger partial charge in [-0.05, 0) is 28.9 Å². The fourth-order valence-corrected chi connectivity index (χ4v) is 3.06. The summed E-state index contributed by atoms with van der Waals surface area (Å²) in [6.45, 7) is 1.97. The highest BCUT2D eigenvalue weighted by Gasteiger charge is 2.11. The van der Waals surface area contributed by atoms with Gasteiger partial charge in [-0.3, -0.25) is 0 Å². The molecule has 1 aromatic heterocycles. The number of fused-ring (bicyclic) bond motifs is 1. The summed E-state index contributed by atoms with van der Waals surface area (Å²) in [5.41, 5.74) is 0.0891. The van der Waals surface area contributed by atoms with Gasteiger partial charge >= 0.3 is 0 Å². The first kappa shape index (κ1) is 10.1. The molecule has 0 spiro atoms. The van der Waals surface area contributed by atoms with Crippen LogP contribution in [0.4, 0.5) is 8.78 Å². The number of halogens is 3. The molecule has 0 N–H and O–H groups in total. The zero-order valence-electron chi connectivity index (χ0n) is 7.35. The summed E-state index contributed by atoms with van der Waals surface area (Å²) in [6.07, 6.45) is -2.39. The maximum atomic E-state index is 12.4. The van der Waals surface area contributed by atoms with E-state index in [1.54, 1.807) is 12.1 Å². The Hall–Kier alpha value is -0.480. The molecule has 1 heterocycles. The average Bonchev–Trinajstić information content (AvgIpc) is 2.42. The number of aryl methyl sites for hydroxylation is 1. The first-order valence-corrected chi connectivity index (χ1v) is 5.67. The van der Waals surface area contributed by atoms with Gasteiger partial charge < -0.3 is 0 Å². The van der Waals surface area contributed by atoms with Crippen molar-refractivity contribution in [2.45, 2.75) is 13.3 Å². The van der Waals surface area contributed by atoms with Crippen molar-refractivity contribution in [3.8, 4) is 0 Å². The third-order valence-corrected chi connectivity index (χ3v) is 4.42. The molecule has 2 aromatic rings. The Kier molecular flexibility index (Phi) is 2.58. The van der Waals surface area contributed by atoms with Crippen LogP contribution in [0.25, 0.3) is 10.1 Å². The molecule has 14 heavy (non-hydrogen) atoms. The molecular weight excluding hydrogens is 270 g/mol. The van der Waals surface area contributed by atoms with Crippen molar-refractivity contribution in [3.63, 3.8) is 0 Å². The van der Waals surface area contributed by atoms with Gasteiger partial charge in [0.05, 0.1) is 0 Å². The van der Waals surface area contributed by atoms with Crippen LogP contribution < -0.4 is 0 Å². The van der Waals surface area contributed by atoms with Crippen LogP contribution in [-0.2, 0) is 0 Å². The van der Waals surface area contributed by atoms with Crippen molar-refractivity contribution < 1.29 is 8.78 Å². The highest BCUT2D eigenvalue weighted by Crippen LogP contribution is 2.36. The molecule has 0 aliphatic rings. The molecule has 0 bridgehead atoms. The fourth-order valence-electron chi connectivity index (χ4n) is 1.34. The third kappa shape index (κ3) is 1.57. The molecule has 0 aliphatic carbocycles. The molecule has 0 aliphatic heterocycles. The summed E-state index contributed by atoms with van der Waals surface area (Å²) in [5.74, 6) is 0. The number of rotatable bonds is 1. The van der Waals surface area contributed by atoms with Crippen molar-refractivity contribution in [1.82, 2.24) is 0 Å². The predicted molar refractivity (Wildman–Crippen MR) is 59.2 cm³/mol. The molecule has 0 fully saturated rings. The lowest BCUT2D eigenvalue weighted by Gasteiger charge is -1.98. The molecule has 2 rings (SSSR count). The van der Waals surface area contributed by atoms with Gasteiger partial charge in [0, 0.05) is 25.0 Å². The molecule has 0 atom stereocenters. The Morgan fingerprint density at radius 1 is 1.36 bits per heavy atom. The van der Waals surface area contributed by atoms with E-state index in [0.717, 1.165) is 19.4 Å². The van der Waals surface area contributed by atoms with E-state index in [1.165, 1.54) is 17.4 Å². The molecule has 0 radical (unpaired) electrons. The quantitative estimate of drug-likeness (QED) is 0.694. The molecule has 0 amide bonds. The smallest absolute Gasteiger partial charge is 0.205 e. The molecular formula is C10H7BrF2S. The second-order valence-electron chi connectivity index (χ2n) is 3.03. The number of alkyl halides is 2. The standard InChI is InChI=1S/C10H7BrF2S/c1-5-9(11)7-3-2-6(10(12)13)4-8(7)14-5/h2-4,10H,1H3. The molecule has 4 heteroatoms. The fraction of sp³-hybridized carbons (Fsp3) is 0.200. The summed E-state index contributed by atoms with van der Waals surface area (Å²) in [4.78, 5) is 1.12. The van der Waals surface area contributed by atoms with Gasteiger partial charge in [-0.15, -0.1) is 11.3 Å². The van der Waals surface area contributed by atoms with E-state index in [1.807, 2.05) is 6.92 Å². The first-order valence-electron chi connectivity index (χ1n) is 4.06. The van der Waals surface area contributed by atoms with Crippen LogP contribution in [0.5, 0.6) is 0 Å². The van der Waals surface area contributed by atoms with E-state index in [2.05, 4.69) is 15.9 Å². The van der Waals surface area contributed by atoms with Crippen LogP contribution in [0.2, 0.25) is 0 Å². The van der Waals surface area contributed by atoms with Crippen LogP contribution in [-0.4, -0.2) is 0 Å². The van der Waals surface area contributed by atoms with Gasteiger partial charge in [0.15, 0.2) is 0 Å². The number of hydrogen-bond donors (Lipinski definition) is 0. The van der Waals surface area contributed by atoms with Crippen LogP contribution in [0, 0.1) is 6.92 Å². The van der Waals surface area contributed by atoms with Crippen LogP contribution >= 0.6 is 27.3 Å². The molecule has 74 valence electrons. The average molecular weight is 277 g/mol. The third-order valence-electron chi connectivity index (χ3n) is 2.07. The SMILES string of the molecule is Cc1sc2cc(C(F)F)ccc2c1Br. The zero-order chi connectivity index (χ0) is 10.3. The Labute approximate surface area is 92.7 Å². The minimum absolute atomic E-state index is 0.0891. The van der Waals surface area contributed by atoms with Gasteiger partial charge in [-0.2, -0.15) is 0 Å². The minimum atomic E-state index is -2.39. The highest BCUT2D eigenvalue weighted by atomic mass is 79.9. The number of benzene rings is 1. The van der Waals surface area contributed by atoms with E-state index in [-0.39, 0.29) is 5.56 Å². The predicted octanol–water partition coefficient (Wildman–Crippen LogP) is 4.91. The molecule has 0 nitrogen and oxygen atoms in total. The lowest BCUT2D eigenvalue weighted by Crippen LogP contribution is -1.81. The van der Waals surface area contributed by atoms with Gasteiger partial charge in [0.1, 0.15) is 0 Å². The first-order chi connectivity index (χ1) is 6.59. The van der Waals surface area contributed by atoms with Crippen molar-refractivity contribution in [2.24, 2.45) is 0 Å². The van der Waals surface area contributed by atoms with E-state index in [4.69, 9.17) is 0 Å².